The molecule has 2 aromatic carbocycles. The molecule has 0 unspecified atom stereocenters. The summed E-state index contributed by atoms with van der Waals surface area (Å²) < 4.78 is 53.5. The molecule has 48 heavy (non-hydrogen) atoms. The van der Waals surface area contributed by atoms with Gasteiger partial charge in [-0.1, -0.05) is 83.5 Å². The Kier molecular flexibility index (Phi) is 17.1. The molecule has 2 aromatic rings. The van der Waals surface area contributed by atoms with Gasteiger partial charge in [-0.25, -0.2) is 13.2 Å². The Balaban J connectivity index is 2.37. The Bertz CT molecular complexity index is 1350. The molecule has 0 heterocycles. The van der Waals surface area contributed by atoms with Crippen LogP contribution in [0.1, 0.15) is 19.4 Å². The van der Waals surface area contributed by atoms with E-state index in [0.717, 1.165) is 17.7 Å². The molecule has 0 saturated heterocycles. The average Bonchev–Trinajstić information content (AvgIpc) is 2.98. The van der Waals surface area contributed by atoms with Crippen molar-refractivity contribution in [2.75, 3.05) is 52.3 Å². The van der Waals surface area contributed by atoms with Crippen LogP contribution in [0.5, 0.6) is 5.75 Å². The molecule has 0 aliphatic rings. The van der Waals surface area contributed by atoms with E-state index in [0.29, 0.717) is 31.1 Å². The number of nitrogens with one attached hydrogen (secondary N) is 2. The minimum absolute atomic E-state index is 0.0203. The van der Waals surface area contributed by atoms with E-state index in [-0.39, 0.29) is 37.5 Å². The van der Waals surface area contributed by atoms with Gasteiger partial charge in [0.1, 0.15) is 12.5 Å². The van der Waals surface area contributed by atoms with Crippen molar-refractivity contribution < 1.29 is 37.3 Å². The number of ether oxygens (including phenoxy) is 4. The van der Waals surface area contributed by atoms with Crippen LogP contribution in [-0.4, -0.2) is 99.2 Å². The van der Waals surface area contributed by atoms with Crippen molar-refractivity contribution in [2.24, 2.45) is 5.92 Å². The van der Waals surface area contributed by atoms with Crippen LogP contribution in [-0.2, 0) is 30.7 Å². The summed E-state index contributed by atoms with van der Waals surface area (Å²) in [7, 11) is -4.93. The van der Waals surface area contributed by atoms with Crippen molar-refractivity contribution in [3.8, 4) is 5.75 Å². The van der Waals surface area contributed by atoms with Crippen molar-refractivity contribution >= 4 is 38.0 Å². The fourth-order valence-corrected chi connectivity index (χ4v) is 7.89. The zero-order valence-corrected chi connectivity index (χ0v) is 33.2. The molecule has 2 rings (SSSR count). The molecule has 0 aliphatic heterocycles. The first-order valence-electron chi connectivity index (χ1n) is 16.7. The summed E-state index contributed by atoms with van der Waals surface area (Å²) in [4.78, 5) is 12.1. The molecule has 14 heteroatoms. The molecule has 0 aromatic heterocycles. The van der Waals surface area contributed by atoms with E-state index in [2.05, 4.69) is 49.9 Å². The summed E-state index contributed by atoms with van der Waals surface area (Å²) in [6.45, 7) is 18.7. The fourth-order valence-electron chi connectivity index (χ4n) is 4.73. The smallest absolute Gasteiger partial charge is 0.404 e. The molecule has 0 radical (unpaired) electrons. The van der Waals surface area contributed by atoms with E-state index in [1.165, 1.54) is 10.4 Å². The Hall–Kier alpha value is -2.47. The largest absolute Gasteiger partial charge is 0.465 e. The van der Waals surface area contributed by atoms with Crippen molar-refractivity contribution in [1.82, 2.24) is 9.62 Å². The van der Waals surface area contributed by atoms with Gasteiger partial charge in [0.2, 0.25) is 10.0 Å². The molecule has 3 N–H and O–H groups in total. The maximum absolute atomic E-state index is 14.3. The van der Waals surface area contributed by atoms with E-state index in [1.807, 2.05) is 44.2 Å². The maximum atomic E-state index is 14.3. The van der Waals surface area contributed by atoms with Gasteiger partial charge in [-0.2, -0.15) is 4.31 Å². The number of rotatable bonds is 23. The number of hydrogen-bond acceptors (Lipinski definition) is 8. The lowest BCUT2D eigenvalue weighted by molar-refractivity contribution is -0.0993. The first-order chi connectivity index (χ1) is 22.4. The quantitative estimate of drug-likeness (QED) is 0.0655. The first-order valence-corrected chi connectivity index (χ1v) is 25.5. The molecule has 2 atom stereocenters. The van der Waals surface area contributed by atoms with Crippen LogP contribution in [0.3, 0.4) is 0 Å². The second-order valence-corrected chi connectivity index (χ2v) is 28.1. The molecule has 272 valence electrons. The SMILES string of the molecule is CNc1cc(S(=O)(=O)N(CC(C)C)C[C@H](OCOCC[Si](C)(C)C)[C@H](Cc2ccccc2)NC(=O)O)ccc1OCOCC[Si](C)(C)C. The van der Waals surface area contributed by atoms with E-state index in [1.54, 1.807) is 19.2 Å². The number of sulfonamides is 1. The van der Waals surface area contributed by atoms with Gasteiger partial charge in [-0.05, 0) is 48.2 Å². The molecule has 0 saturated carbocycles. The molecule has 0 fully saturated rings. The standard InChI is InChI=1S/C34H59N3O8SSi2/c1-27(2)23-37(46(40,41)29-15-16-32(30(22-29)35-3)44-25-42-17-19-47(4,5)6)24-33(45-26-43-18-20-48(7,8)9)31(36-34(38)39)21-28-13-11-10-12-14-28/h10-16,22,27,31,33,35-36H,17-21,23-26H2,1-9H3,(H,38,39)/t31-,33-/m0/s1. The van der Waals surface area contributed by atoms with Gasteiger partial charge in [-0.15, -0.1) is 0 Å². The summed E-state index contributed by atoms with van der Waals surface area (Å²) in [5.74, 6) is 0.457. The number of benzene rings is 2. The van der Waals surface area contributed by atoms with Gasteiger partial charge < -0.3 is 34.7 Å². The van der Waals surface area contributed by atoms with Gasteiger partial charge in [0.05, 0.1) is 22.7 Å². The predicted molar refractivity (Wildman–Crippen MR) is 198 cm³/mol. The van der Waals surface area contributed by atoms with Gasteiger partial charge in [0.15, 0.2) is 6.79 Å². The fraction of sp³-hybridized carbons (Fsp3) is 0.618. The molecule has 0 aliphatic carbocycles. The zero-order valence-electron chi connectivity index (χ0n) is 30.4. The third kappa shape index (κ3) is 15.8. The second-order valence-electron chi connectivity index (χ2n) is 14.9. The molecule has 0 spiro atoms. The van der Waals surface area contributed by atoms with Crippen molar-refractivity contribution in [3.05, 3.63) is 54.1 Å². The average molecular weight is 726 g/mol. The van der Waals surface area contributed by atoms with Crippen LogP contribution < -0.4 is 15.4 Å². The van der Waals surface area contributed by atoms with Crippen LogP contribution in [0, 0.1) is 5.92 Å². The molecular weight excluding hydrogens is 667 g/mol. The monoisotopic (exact) mass is 725 g/mol. The Labute approximate surface area is 290 Å². The highest BCUT2D eigenvalue weighted by Gasteiger charge is 2.33. The number of amides is 1. The summed E-state index contributed by atoms with van der Waals surface area (Å²) >= 11 is 0. The molecular formula is C34H59N3O8SSi2. The van der Waals surface area contributed by atoms with Crippen LogP contribution in [0.4, 0.5) is 10.5 Å². The third-order valence-electron chi connectivity index (χ3n) is 7.52. The van der Waals surface area contributed by atoms with E-state index < -0.39 is 44.4 Å². The van der Waals surface area contributed by atoms with Gasteiger partial charge in [0.25, 0.3) is 0 Å². The third-order valence-corrected chi connectivity index (χ3v) is 12.8. The minimum atomic E-state index is -4.05. The zero-order chi connectivity index (χ0) is 36.0. The number of hydrogen-bond donors (Lipinski definition) is 3. The van der Waals surface area contributed by atoms with Crippen LogP contribution in [0.2, 0.25) is 51.4 Å². The summed E-state index contributed by atoms with van der Waals surface area (Å²) in [5.41, 5.74) is 1.40. The number of anilines is 1. The lowest BCUT2D eigenvalue weighted by Gasteiger charge is -2.33. The topological polar surface area (TPSA) is 136 Å². The van der Waals surface area contributed by atoms with Crippen molar-refractivity contribution in [1.29, 1.82) is 0 Å². The Morgan fingerprint density at radius 1 is 0.896 bits per heavy atom. The predicted octanol–water partition coefficient (Wildman–Crippen LogP) is 6.64. The van der Waals surface area contributed by atoms with Crippen LogP contribution >= 0.6 is 0 Å². The highest BCUT2D eigenvalue weighted by atomic mass is 32.2. The van der Waals surface area contributed by atoms with E-state index in [4.69, 9.17) is 18.9 Å². The van der Waals surface area contributed by atoms with Gasteiger partial charge >= 0.3 is 6.09 Å². The summed E-state index contributed by atoms with van der Waals surface area (Å²) in [5, 5.41) is 15.4. The van der Waals surface area contributed by atoms with Crippen molar-refractivity contribution in [2.45, 2.75) is 88.7 Å². The maximum Gasteiger partial charge on any atom is 0.404 e. The summed E-state index contributed by atoms with van der Waals surface area (Å²) in [6, 6.07) is 15.3. The number of nitrogens with zero attached hydrogens (tertiary/aromatic N) is 1. The lowest BCUT2D eigenvalue weighted by atomic mass is 10.0. The Morgan fingerprint density at radius 2 is 1.50 bits per heavy atom. The van der Waals surface area contributed by atoms with E-state index in [9.17, 15) is 18.3 Å². The molecule has 0 bridgehead atoms. The van der Waals surface area contributed by atoms with Gasteiger partial charge in [-0.3, -0.25) is 0 Å². The number of carbonyl (C=O) groups is 1. The van der Waals surface area contributed by atoms with Crippen LogP contribution in [0.15, 0.2) is 53.4 Å². The van der Waals surface area contributed by atoms with Gasteiger partial charge in [0, 0.05) is 49.5 Å². The second kappa shape index (κ2) is 19.7. The minimum Gasteiger partial charge on any atom is -0.465 e. The lowest BCUT2D eigenvalue weighted by Crippen LogP contribution is -2.52. The number of carboxylic acid groups (broad SMARTS) is 1. The highest BCUT2D eigenvalue weighted by Crippen LogP contribution is 2.30. The van der Waals surface area contributed by atoms with E-state index >= 15 is 0 Å². The molecule has 11 nitrogen and oxygen atoms in total. The summed E-state index contributed by atoms with van der Waals surface area (Å²) in [6.07, 6.45) is -1.76. The first kappa shape index (κ1) is 41.7. The molecule has 1 amide bonds. The highest BCUT2D eigenvalue weighted by molar-refractivity contribution is 7.89. The normalized spacial score (nSPS) is 13.8. The van der Waals surface area contributed by atoms with Crippen molar-refractivity contribution in [3.63, 3.8) is 0 Å². The Morgan fingerprint density at radius 3 is 2.04 bits per heavy atom. The van der Waals surface area contributed by atoms with Crippen LogP contribution in [0.25, 0.3) is 0 Å².